The molecule has 0 spiro atoms. The highest BCUT2D eigenvalue weighted by Gasteiger charge is 2.42. The number of aliphatic hydroxyl groups is 4. The summed E-state index contributed by atoms with van der Waals surface area (Å²) in [5.74, 6) is -0.774. The van der Waals surface area contributed by atoms with Crippen LogP contribution in [0.2, 0.25) is 0 Å². The van der Waals surface area contributed by atoms with Crippen LogP contribution in [0.5, 0.6) is 23.0 Å². The molecule has 42 heavy (non-hydrogen) atoms. The molecule has 5 rings (SSSR count). The number of carbonyl (C=O) groups excluding carboxylic acids is 1. The van der Waals surface area contributed by atoms with Crippen molar-refractivity contribution in [2.45, 2.75) is 87.9 Å². The molecular weight excluding hydrogens is 548 g/mol. The molecule has 0 radical (unpaired) electrons. The number of Topliss-reactive ketones (excluding diaryl/α,β-unsaturated/α-hetero) is 1. The quantitative estimate of drug-likeness (QED) is 0.251. The van der Waals surface area contributed by atoms with Gasteiger partial charge in [0.15, 0.2) is 5.78 Å². The summed E-state index contributed by atoms with van der Waals surface area (Å²) in [6, 6.07) is 7.98. The van der Waals surface area contributed by atoms with Crippen LogP contribution < -0.4 is 9.47 Å². The summed E-state index contributed by atoms with van der Waals surface area (Å²) in [6.45, 7) is 5.71. The fraction of sp³-hybridized carbons (Fsp3) is 0.516. The molecule has 0 bridgehead atoms. The summed E-state index contributed by atoms with van der Waals surface area (Å²) in [5.41, 5.74) is 1.37. The summed E-state index contributed by atoms with van der Waals surface area (Å²) >= 11 is 0. The van der Waals surface area contributed by atoms with Crippen LogP contribution in [0.1, 0.15) is 72.7 Å². The summed E-state index contributed by atoms with van der Waals surface area (Å²) in [7, 11) is 0. The second-order valence-corrected chi connectivity index (χ2v) is 11.3. The largest absolute Gasteiger partial charge is 0.507 e. The van der Waals surface area contributed by atoms with Crippen molar-refractivity contribution in [3.05, 3.63) is 59.2 Å². The molecule has 3 aliphatic rings. The number of aliphatic hydroxyl groups excluding tert-OH is 4. The standard InChI is InChI=1S/C31H38O11/c1-15(9-25-19(33)8-3-16(2)40-25)14-39-18-6-4-17(5-7-18)24-11-22(36)28-20(34)10-21(35)29(31(28)42-24)26-12-23(37)30(38)27(13-32)41-26/h4-7,10,16,19,23-27,30,32-35,37-38H,1,3,8-9,11-14H2,2H3/t16-,19?,23?,24?,25?,26?,27?,30?/m0/s1. The number of rotatable bonds is 8. The van der Waals surface area contributed by atoms with E-state index in [1.165, 1.54) is 0 Å². The highest BCUT2D eigenvalue weighted by Crippen LogP contribution is 2.50. The lowest BCUT2D eigenvalue weighted by Crippen LogP contribution is -2.47. The molecule has 3 aliphatic heterocycles. The molecule has 8 atom stereocenters. The first-order valence-corrected chi connectivity index (χ1v) is 14.2. The Morgan fingerprint density at radius 2 is 1.74 bits per heavy atom. The van der Waals surface area contributed by atoms with Gasteiger partial charge in [0.05, 0.1) is 49.1 Å². The predicted octanol–water partition coefficient (Wildman–Crippen LogP) is 2.60. The van der Waals surface area contributed by atoms with Gasteiger partial charge in [-0.05, 0) is 43.0 Å². The van der Waals surface area contributed by atoms with E-state index in [9.17, 15) is 35.4 Å². The lowest BCUT2D eigenvalue weighted by Gasteiger charge is -2.38. The molecule has 11 heteroatoms. The number of ketones is 1. The monoisotopic (exact) mass is 586 g/mol. The SMILES string of the molecule is C=C(COc1ccc(C2CC(=O)c3c(O)cc(O)c(C4CC(O)C(O)C(CO)O4)c3O2)cc1)CC1O[C@@H](C)CCC1O. The maximum Gasteiger partial charge on any atom is 0.174 e. The van der Waals surface area contributed by atoms with Gasteiger partial charge >= 0.3 is 0 Å². The summed E-state index contributed by atoms with van der Waals surface area (Å²) in [5, 5.41) is 61.5. The number of hydrogen-bond acceptors (Lipinski definition) is 11. The Morgan fingerprint density at radius 3 is 2.45 bits per heavy atom. The van der Waals surface area contributed by atoms with Crippen LogP contribution in [0.4, 0.5) is 0 Å². The zero-order chi connectivity index (χ0) is 30.1. The second-order valence-electron chi connectivity index (χ2n) is 11.3. The summed E-state index contributed by atoms with van der Waals surface area (Å²) in [6.07, 6.45) is -4.41. The van der Waals surface area contributed by atoms with Crippen LogP contribution in [0.25, 0.3) is 0 Å². The van der Waals surface area contributed by atoms with E-state index in [1.807, 2.05) is 6.92 Å². The van der Waals surface area contributed by atoms with Gasteiger partial charge in [-0.3, -0.25) is 4.79 Å². The lowest BCUT2D eigenvalue weighted by atomic mass is 9.88. The molecule has 0 amide bonds. The average Bonchev–Trinajstić information content (AvgIpc) is 2.95. The van der Waals surface area contributed by atoms with Gasteiger partial charge in [0.1, 0.15) is 53.5 Å². The second kappa shape index (κ2) is 12.6. The highest BCUT2D eigenvalue weighted by atomic mass is 16.5. The van der Waals surface area contributed by atoms with Gasteiger partial charge in [-0.1, -0.05) is 18.7 Å². The van der Waals surface area contributed by atoms with Gasteiger partial charge in [0.2, 0.25) is 0 Å². The normalized spacial score (nSPS) is 31.2. The molecule has 2 fully saturated rings. The minimum absolute atomic E-state index is 0.0465. The molecule has 3 heterocycles. The van der Waals surface area contributed by atoms with Gasteiger partial charge < -0.3 is 49.6 Å². The first kappa shape index (κ1) is 30.3. The van der Waals surface area contributed by atoms with Crippen LogP contribution in [-0.2, 0) is 9.47 Å². The average molecular weight is 587 g/mol. The van der Waals surface area contributed by atoms with Gasteiger partial charge in [-0.25, -0.2) is 0 Å². The van der Waals surface area contributed by atoms with Crippen LogP contribution >= 0.6 is 0 Å². The van der Waals surface area contributed by atoms with Crippen molar-refractivity contribution in [1.82, 2.24) is 0 Å². The van der Waals surface area contributed by atoms with Gasteiger partial charge in [-0.15, -0.1) is 0 Å². The first-order chi connectivity index (χ1) is 20.0. The Balaban J connectivity index is 1.29. The van der Waals surface area contributed by atoms with E-state index in [2.05, 4.69) is 6.58 Å². The number of fused-ring (bicyclic) bond motifs is 1. The molecular formula is C31H38O11. The van der Waals surface area contributed by atoms with Gasteiger partial charge in [0, 0.05) is 18.9 Å². The Morgan fingerprint density at radius 1 is 1.00 bits per heavy atom. The fourth-order valence-corrected chi connectivity index (χ4v) is 5.82. The van der Waals surface area contributed by atoms with Crippen molar-refractivity contribution >= 4 is 5.78 Å². The fourth-order valence-electron chi connectivity index (χ4n) is 5.82. The Labute approximate surface area is 243 Å². The van der Waals surface area contributed by atoms with Crippen molar-refractivity contribution in [3.8, 4) is 23.0 Å². The molecule has 228 valence electrons. The number of carbonyl (C=O) groups is 1. The first-order valence-electron chi connectivity index (χ1n) is 14.2. The van der Waals surface area contributed by atoms with Crippen molar-refractivity contribution in [1.29, 1.82) is 0 Å². The van der Waals surface area contributed by atoms with Crippen LogP contribution in [0.15, 0.2) is 42.5 Å². The van der Waals surface area contributed by atoms with Crippen LogP contribution in [-0.4, -0.2) is 86.3 Å². The molecule has 0 saturated carbocycles. The molecule has 7 unspecified atom stereocenters. The van der Waals surface area contributed by atoms with Crippen molar-refractivity contribution in [2.75, 3.05) is 13.2 Å². The number of benzene rings is 2. The van der Waals surface area contributed by atoms with E-state index < -0.39 is 60.5 Å². The molecule has 2 aromatic carbocycles. The van der Waals surface area contributed by atoms with E-state index in [-0.39, 0.29) is 48.5 Å². The maximum absolute atomic E-state index is 13.2. The number of aromatic hydroxyl groups is 2. The topological polar surface area (TPSA) is 175 Å². The Hall–Kier alpha value is -3.19. The molecule has 2 saturated heterocycles. The molecule has 2 aromatic rings. The van der Waals surface area contributed by atoms with E-state index in [0.717, 1.165) is 18.1 Å². The van der Waals surface area contributed by atoms with Crippen LogP contribution in [0, 0.1) is 0 Å². The highest BCUT2D eigenvalue weighted by molar-refractivity contribution is 6.03. The third-order valence-corrected chi connectivity index (χ3v) is 8.15. The Bertz CT molecular complexity index is 1290. The molecule has 0 aliphatic carbocycles. The van der Waals surface area contributed by atoms with E-state index in [0.29, 0.717) is 24.2 Å². The number of hydrogen-bond donors (Lipinski definition) is 6. The third-order valence-electron chi connectivity index (χ3n) is 8.15. The molecule has 11 nitrogen and oxygen atoms in total. The van der Waals surface area contributed by atoms with Crippen molar-refractivity contribution < 1.29 is 54.4 Å². The maximum atomic E-state index is 13.2. The van der Waals surface area contributed by atoms with E-state index >= 15 is 0 Å². The zero-order valence-electron chi connectivity index (χ0n) is 23.4. The van der Waals surface area contributed by atoms with E-state index in [4.69, 9.17) is 18.9 Å². The number of phenols is 2. The van der Waals surface area contributed by atoms with Gasteiger partial charge in [0.25, 0.3) is 0 Å². The Kier molecular flexibility index (Phi) is 9.07. The van der Waals surface area contributed by atoms with E-state index in [1.54, 1.807) is 24.3 Å². The minimum Gasteiger partial charge on any atom is -0.507 e. The van der Waals surface area contributed by atoms with Gasteiger partial charge in [-0.2, -0.15) is 0 Å². The number of phenolic OH excluding ortho intramolecular Hbond substituents is 2. The molecule has 6 N–H and O–H groups in total. The predicted molar refractivity (Wildman–Crippen MR) is 149 cm³/mol. The van der Waals surface area contributed by atoms with Crippen molar-refractivity contribution in [3.63, 3.8) is 0 Å². The number of ether oxygens (including phenoxy) is 4. The minimum atomic E-state index is -1.33. The smallest absolute Gasteiger partial charge is 0.174 e. The molecule has 0 aromatic heterocycles. The summed E-state index contributed by atoms with van der Waals surface area (Å²) < 4.78 is 23.6. The zero-order valence-corrected chi connectivity index (χ0v) is 23.4. The third kappa shape index (κ3) is 6.26. The lowest BCUT2D eigenvalue weighted by molar-refractivity contribution is -0.182. The summed E-state index contributed by atoms with van der Waals surface area (Å²) in [4.78, 5) is 13.2. The van der Waals surface area contributed by atoms with Crippen LogP contribution in [0.3, 0.4) is 0 Å². The van der Waals surface area contributed by atoms with Crippen molar-refractivity contribution in [2.24, 2.45) is 0 Å².